The predicted octanol–water partition coefficient (Wildman–Crippen LogP) is 3.99. The van der Waals surface area contributed by atoms with Gasteiger partial charge in [-0.25, -0.2) is 0 Å². The van der Waals surface area contributed by atoms with E-state index in [2.05, 4.69) is 40.5 Å². The summed E-state index contributed by atoms with van der Waals surface area (Å²) in [6.07, 6.45) is 2.26. The molecule has 2 aromatic carbocycles. The van der Waals surface area contributed by atoms with Crippen molar-refractivity contribution >= 4 is 22.4 Å². The molecule has 0 amide bonds. The molecule has 0 aliphatic rings. The number of rotatable bonds is 5. The van der Waals surface area contributed by atoms with Crippen LogP contribution in [0.3, 0.4) is 0 Å². The van der Waals surface area contributed by atoms with Crippen molar-refractivity contribution in [3.63, 3.8) is 0 Å². The van der Waals surface area contributed by atoms with Crippen molar-refractivity contribution in [2.24, 2.45) is 0 Å². The number of aromatic nitrogens is 2. The van der Waals surface area contributed by atoms with Crippen LogP contribution in [0.1, 0.15) is 23.8 Å². The average molecular weight is 287 g/mol. The van der Waals surface area contributed by atoms with Crippen LogP contribution in [-0.2, 0) is 12.8 Å². The lowest BCUT2D eigenvalue weighted by Gasteiger charge is -2.03. The van der Waals surface area contributed by atoms with Gasteiger partial charge in [-0.1, -0.05) is 42.5 Å². The molecule has 1 heterocycles. The second-order valence-corrected chi connectivity index (χ2v) is 5.08. The van der Waals surface area contributed by atoms with Crippen LogP contribution in [-0.4, -0.2) is 16.1 Å². The molecule has 3 nitrogen and oxygen atoms in total. The van der Waals surface area contributed by atoms with E-state index in [4.69, 9.17) is 16.0 Å². The Hall–Kier alpha value is -1.87. The maximum Gasteiger partial charge on any atom is 0.220 e. The molecule has 102 valence electrons. The standard InChI is InChI=1S/C16H15ClN2O/c17-10-4-9-15-18-19-16(20-15)11-13-7-3-6-12-5-1-2-8-14(12)13/h1-3,5-8H,4,9-11H2. The minimum Gasteiger partial charge on any atom is -0.425 e. The molecule has 0 fully saturated rings. The highest BCUT2D eigenvalue weighted by Crippen LogP contribution is 2.21. The van der Waals surface area contributed by atoms with Crippen LogP contribution in [0, 0.1) is 0 Å². The Labute approximate surface area is 122 Å². The third kappa shape index (κ3) is 2.83. The number of hydrogen-bond acceptors (Lipinski definition) is 3. The van der Waals surface area contributed by atoms with Gasteiger partial charge in [0.15, 0.2) is 0 Å². The van der Waals surface area contributed by atoms with E-state index in [-0.39, 0.29) is 0 Å². The molecule has 0 spiro atoms. The number of nitrogens with zero attached hydrogens (tertiary/aromatic N) is 2. The van der Waals surface area contributed by atoms with E-state index in [1.165, 1.54) is 16.3 Å². The number of alkyl halides is 1. The molecule has 20 heavy (non-hydrogen) atoms. The van der Waals surface area contributed by atoms with Crippen molar-refractivity contribution in [2.75, 3.05) is 5.88 Å². The summed E-state index contributed by atoms with van der Waals surface area (Å²) >= 11 is 5.66. The van der Waals surface area contributed by atoms with Crippen LogP contribution >= 0.6 is 11.6 Å². The first-order valence-corrected chi connectivity index (χ1v) is 7.24. The van der Waals surface area contributed by atoms with E-state index >= 15 is 0 Å². The minimum atomic E-state index is 0.612. The van der Waals surface area contributed by atoms with E-state index in [0.29, 0.717) is 24.1 Å². The maximum atomic E-state index is 5.66. The first-order valence-electron chi connectivity index (χ1n) is 6.70. The van der Waals surface area contributed by atoms with Crippen LogP contribution in [0.4, 0.5) is 0 Å². The van der Waals surface area contributed by atoms with Crippen molar-refractivity contribution < 1.29 is 4.42 Å². The average Bonchev–Trinajstić information content (AvgIpc) is 2.93. The van der Waals surface area contributed by atoms with Crippen molar-refractivity contribution in [1.29, 1.82) is 0 Å². The SMILES string of the molecule is ClCCCc1nnc(Cc2cccc3ccccc23)o1. The second-order valence-electron chi connectivity index (χ2n) is 4.70. The number of benzene rings is 2. The molecular weight excluding hydrogens is 272 g/mol. The highest BCUT2D eigenvalue weighted by Gasteiger charge is 2.08. The van der Waals surface area contributed by atoms with Crippen molar-refractivity contribution in [3.8, 4) is 0 Å². The molecule has 3 aromatic rings. The van der Waals surface area contributed by atoms with Gasteiger partial charge in [0.05, 0.1) is 6.42 Å². The maximum absolute atomic E-state index is 5.66. The monoisotopic (exact) mass is 286 g/mol. The molecule has 3 rings (SSSR count). The van der Waals surface area contributed by atoms with E-state index in [1.54, 1.807) is 0 Å². The van der Waals surface area contributed by atoms with Crippen molar-refractivity contribution in [2.45, 2.75) is 19.3 Å². The summed E-state index contributed by atoms with van der Waals surface area (Å²) in [4.78, 5) is 0. The van der Waals surface area contributed by atoms with E-state index < -0.39 is 0 Å². The molecule has 1 aromatic heterocycles. The summed E-state index contributed by atoms with van der Waals surface area (Å²) in [5, 5.41) is 10.6. The summed E-state index contributed by atoms with van der Waals surface area (Å²) in [5.41, 5.74) is 1.20. The lowest BCUT2D eigenvalue weighted by atomic mass is 10.0. The Morgan fingerprint density at radius 2 is 1.75 bits per heavy atom. The molecule has 0 saturated carbocycles. The number of fused-ring (bicyclic) bond motifs is 1. The van der Waals surface area contributed by atoms with Crippen LogP contribution in [0.15, 0.2) is 46.9 Å². The normalized spacial score (nSPS) is 11.1. The lowest BCUT2D eigenvalue weighted by molar-refractivity contribution is 0.456. The topological polar surface area (TPSA) is 38.9 Å². The fourth-order valence-corrected chi connectivity index (χ4v) is 2.42. The smallest absolute Gasteiger partial charge is 0.220 e. The zero-order chi connectivity index (χ0) is 13.8. The van der Waals surface area contributed by atoms with Gasteiger partial charge in [-0.3, -0.25) is 0 Å². The Bertz CT molecular complexity index is 703. The predicted molar refractivity (Wildman–Crippen MR) is 80.1 cm³/mol. The first kappa shape index (κ1) is 13.1. The van der Waals surface area contributed by atoms with Gasteiger partial charge in [0.25, 0.3) is 0 Å². The zero-order valence-corrected chi connectivity index (χ0v) is 11.8. The fraction of sp³-hybridized carbons (Fsp3) is 0.250. The summed E-state index contributed by atoms with van der Waals surface area (Å²) in [7, 11) is 0. The van der Waals surface area contributed by atoms with Gasteiger partial charge in [0.2, 0.25) is 11.8 Å². The Balaban J connectivity index is 1.84. The first-order chi connectivity index (χ1) is 9.86. The van der Waals surface area contributed by atoms with Gasteiger partial charge in [-0.15, -0.1) is 21.8 Å². The minimum absolute atomic E-state index is 0.612. The van der Waals surface area contributed by atoms with Gasteiger partial charge in [0, 0.05) is 12.3 Å². The van der Waals surface area contributed by atoms with Gasteiger partial charge >= 0.3 is 0 Å². The Morgan fingerprint density at radius 1 is 0.950 bits per heavy atom. The third-order valence-corrected chi connectivity index (χ3v) is 3.52. The molecule has 0 N–H and O–H groups in total. The lowest BCUT2D eigenvalue weighted by Crippen LogP contribution is -1.90. The van der Waals surface area contributed by atoms with Crippen LogP contribution < -0.4 is 0 Å². The van der Waals surface area contributed by atoms with Crippen LogP contribution in [0.5, 0.6) is 0 Å². The summed E-state index contributed by atoms with van der Waals surface area (Å²) in [6, 6.07) is 14.6. The summed E-state index contributed by atoms with van der Waals surface area (Å²) in [5.74, 6) is 1.94. The molecule has 0 radical (unpaired) electrons. The molecule has 0 bridgehead atoms. The quantitative estimate of drug-likeness (QED) is 0.666. The van der Waals surface area contributed by atoms with Crippen molar-refractivity contribution in [3.05, 3.63) is 59.8 Å². The number of aryl methyl sites for hydroxylation is 1. The fourth-order valence-electron chi connectivity index (χ4n) is 2.29. The zero-order valence-electron chi connectivity index (χ0n) is 11.1. The van der Waals surface area contributed by atoms with Gasteiger partial charge < -0.3 is 4.42 Å². The molecule has 0 aliphatic heterocycles. The highest BCUT2D eigenvalue weighted by atomic mass is 35.5. The Kier molecular flexibility index (Phi) is 3.97. The number of hydrogen-bond donors (Lipinski definition) is 0. The number of halogens is 1. The van der Waals surface area contributed by atoms with Crippen LogP contribution in [0.2, 0.25) is 0 Å². The summed E-state index contributed by atoms with van der Waals surface area (Å²) in [6.45, 7) is 0. The molecule has 0 aliphatic carbocycles. The third-order valence-electron chi connectivity index (χ3n) is 3.25. The Morgan fingerprint density at radius 3 is 2.65 bits per heavy atom. The van der Waals surface area contributed by atoms with Crippen LogP contribution in [0.25, 0.3) is 10.8 Å². The second kappa shape index (κ2) is 6.06. The van der Waals surface area contributed by atoms with Crippen molar-refractivity contribution in [1.82, 2.24) is 10.2 Å². The van der Waals surface area contributed by atoms with E-state index in [0.717, 1.165) is 12.8 Å². The molecule has 0 saturated heterocycles. The molecule has 4 heteroatoms. The van der Waals surface area contributed by atoms with E-state index in [1.807, 2.05) is 12.1 Å². The van der Waals surface area contributed by atoms with Gasteiger partial charge in [-0.05, 0) is 22.8 Å². The highest BCUT2D eigenvalue weighted by molar-refractivity contribution is 6.17. The largest absolute Gasteiger partial charge is 0.425 e. The summed E-state index contributed by atoms with van der Waals surface area (Å²) < 4.78 is 5.66. The molecule has 0 atom stereocenters. The molecule has 0 unspecified atom stereocenters. The van der Waals surface area contributed by atoms with E-state index in [9.17, 15) is 0 Å². The molecular formula is C16H15ClN2O. The van der Waals surface area contributed by atoms with Gasteiger partial charge in [0.1, 0.15) is 0 Å². The van der Waals surface area contributed by atoms with Gasteiger partial charge in [-0.2, -0.15) is 0 Å².